The van der Waals surface area contributed by atoms with Gasteiger partial charge in [0.2, 0.25) is 11.8 Å². The quantitative estimate of drug-likeness (QED) is 0.356. The van der Waals surface area contributed by atoms with Gasteiger partial charge in [-0.3, -0.25) is 9.59 Å². The molecular formula is C19H27N5O2S3. The van der Waals surface area contributed by atoms with Crippen LogP contribution in [0.2, 0.25) is 0 Å². The molecule has 0 radical (unpaired) electrons. The van der Waals surface area contributed by atoms with Crippen molar-refractivity contribution >= 4 is 52.4 Å². The van der Waals surface area contributed by atoms with Gasteiger partial charge in [0.25, 0.3) is 0 Å². The smallest absolute Gasteiger partial charge is 0.230 e. The first kappa shape index (κ1) is 23.5. The van der Waals surface area contributed by atoms with Crippen molar-refractivity contribution in [2.24, 2.45) is 0 Å². The van der Waals surface area contributed by atoms with Crippen LogP contribution >= 0.6 is 34.9 Å². The minimum atomic E-state index is -0.0132. The van der Waals surface area contributed by atoms with E-state index in [9.17, 15) is 9.59 Å². The number of thioether (sulfide) groups is 2. The highest BCUT2D eigenvalue weighted by Crippen LogP contribution is 2.28. The van der Waals surface area contributed by atoms with Crippen molar-refractivity contribution in [1.29, 1.82) is 0 Å². The van der Waals surface area contributed by atoms with Crippen LogP contribution in [0.15, 0.2) is 39.0 Å². The van der Waals surface area contributed by atoms with Gasteiger partial charge in [0.1, 0.15) is 0 Å². The topological polar surface area (TPSA) is 87.2 Å². The summed E-state index contributed by atoms with van der Waals surface area (Å²) >= 11 is 4.14. The van der Waals surface area contributed by atoms with Crippen molar-refractivity contribution < 1.29 is 9.59 Å². The molecule has 0 spiro atoms. The maximum absolute atomic E-state index is 12.0. The van der Waals surface area contributed by atoms with Gasteiger partial charge in [-0.1, -0.05) is 60.0 Å². The molecule has 0 bridgehead atoms. The third-order valence-corrected chi connectivity index (χ3v) is 6.99. The van der Waals surface area contributed by atoms with Gasteiger partial charge >= 0.3 is 0 Å². The van der Waals surface area contributed by atoms with Crippen molar-refractivity contribution in [1.82, 2.24) is 20.8 Å². The Morgan fingerprint density at radius 2 is 1.59 bits per heavy atom. The number of carbonyl (C=O) groups is 2. The molecule has 0 saturated carbocycles. The fourth-order valence-electron chi connectivity index (χ4n) is 2.29. The zero-order chi connectivity index (χ0) is 20.9. The first-order chi connectivity index (χ1) is 14.1. The summed E-state index contributed by atoms with van der Waals surface area (Å²) in [6, 6.07) is 10.2. The van der Waals surface area contributed by atoms with E-state index in [2.05, 4.69) is 37.9 Å². The van der Waals surface area contributed by atoms with Crippen LogP contribution in [0.1, 0.15) is 19.8 Å². The number of aromatic nitrogens is 2. The van der Waals surface area contributed by atoms with E-state index in [-0.39, 0.29) is 11.8 Å². The predicted octanol–water partition coefficient (Wildman–Crippen LogP) is 2.89. The van der Waals surface area contributed by atoms with E-state index in [4.69, 9.17) is 0 Å². The number of anilines is 1. The summed E-state index contributed by atoms with van der Waals surface area (Å²) in [6.45, 7) is 4.22. The lowest BCUT2D eigenvalue weighted by Gasteiger charge is -2.19. The summed E-state index contributed by atoms with van der Waals surface area (Å²) in [5, 5.41) is 13.9. The Morgan fingerprint density at radius 1 is 1.00 bits per heavy atom. The summed E-state index contributed by atoms with van der Waals surface area (Å²) in [5.41, 5.74) is 1.17. The highest BCUT2D eigenvalue weighted by atomic mass is 32.2. The van der Waals surface area contributed by atoms with E-state index in [0.29, 0.717) is 24.6 Å². The van der Waals surface area contributed by atoms with E-state index in [1.807, 2.05) is 32.2 Å². The fraction of sp³-hybridized carbons (Fsp3) is 0.474. The second-order valence-electron chi connectivity index (χ2n) is 6.22. The maximum Gasteiger partial charge on any atom is 0.230 e. The van der Waals surface area contributed by atoms with Crippen LogP contribution in [0.4, 0.5) is 5.69 Å². The van der Waals surface area contributed by atoms with Gasteiger partial charge in [0.15, 0.2) is 8.68 Å². The molecule has 0 saturated heterocycles. The van der Waals surface area contributed by atoms with Gasteiger partial charge in [-0.25, -0.2) is 0 Å². The molecule has 0 aliphatic carbocycles. The van der Waals surface area contributed by atoms with Gasteiger partial charge in [-0.05, 0) is 25.0 Å². The van der Waals surface area contributed by atoms with Crippen molar-refractivity contribution in [3.8, 4) is 0 Å². The Labute approximate surface area is 184 Å². The standard InChI is InChI=1S/C19H27N5O2S3/c1-3-10-20-16(25)13-27-18-22-23-19(29-18)28-14-17(26)21-11-7-12-24(2)15-8-5-4-6-9-15/h4-6,8-9H,3,7,10-14H2,1-2H3,(H,20,25)(H,21,26). The Bertz CT molecular complexity index is 757. The number of para-hydroxylation sites is 1. The van der Waals surface area contributed by atoms with Crippen molar-refractivity contribution in [3.05, 3.63) is 30.3 Å². The monoisotopic (exact) mass is 453 g/mol. The Kier molecular flexibility index (Phi) is 10.9. The average Bonchev–Trinajstić information content (AvgIpc) is 3.20. The van der Waals surface area contributed by atoms with Crippen LogP contribution in [0.25, 0.3) is 0 Å². The maximum atomic E-state index is 12.0. The summed E-state index contributed by atoms with van der Waals surface area (Å²) in [7, 11) is 2.05. The summed E-state index contributed by atoms with van der Waals surface area (Å²) < 4.78 is 1.48. The lowest BCUT2D eigenvalue weighted by Crippen LogP contribution is -2.29. The predicted molar refractivity (Wildman–Crippen MR) is 122 cm³/mol. The number of benzene rings is 1. The number of hydrogen-bond acceptors (Lipinski definition) is 8. The molecule has 0 aliphatic rings. The van der Waals surface area contributed by atoms with Gasteiger partial charge in [0, 0.05) is 32.4 Å². The molecule has 29 heavy (non-hydrogen) atoms. The molecule has 0 atom stereocenters. The highest BCUT2D eigenvalue weighted by molar-refractivity contribution is 8.03. The van der Waals surface area contributed by atoms with Gasteiger partial charge in [0.05, 0.1) is 11.5 Å². The first-order valence-electron chi connectivity index (χ1n) is 9.47. The first-order valence-corrected chi connectivity index (χ1v) is 12.3. The zero-order valence-electron chi connectivity index (χ0n) is 16.7. The average molecular weight is 454 g/mol. The van der Waals surface area contributed by atoms with Crippen LogP contribution in [-0.4, -0.2) is 60.2 Å². The summed E-state index contributed by atoms with van der Waals surface area (Å²) in [4.78, 5) is 25.8. The van der Waals surface area contributed by atoms with Crippen LogP contribution in [0.5, 0.6) is 0 Å². The molecule has 7 nitrogen and oxygen atoms in total. The van der Waals surface area contributed by atoms with Crippen LogP contribution in [0, 0.1) is 0 Å². The van der Waals surface area contributed by atoms with E-state index in [0.717, 1.165) is 28.1 Å². The number of nitrogens with zero attached hydrogens (tertiary/aromatic N) is 3. The third kappa shape index (κ3) is 9.51. The number of nitrogens with one attached hydrogen (secondary N) is 2. The zero-order valence-corrected chi connectivity index (χ0v) is 19.2. The lowest BCUT2D eigenvalue weighted by molar-refractivity contribution is -0.119. The molecular weight excluding hydrogens is 426 g/mol. The molecule has 1 aromatic carbocycles. The molecule has 1 aromatic heterocycles. The third-order valence-electron chi connectivity index (χ3n) is 3.80. The van der Waals surface area contributed by atoms with Gasteiger partial charge in [-0.15, -0.1) is 10.2 Å². The minimum Gasteiger partial charge on any atom is -0.375 e. The summed E-state index contributed by atoms with van der Waals surface area (Å²) in [5.74, 6) is 0.626. The molecule has 0 fully saturated rings. The van der Waals surface area contributed by atoms with Crippen molar-refractivity contribution in [2.45, 2.75) is 28.4 Å². The van der Waals surface area contributed by atoms with E-state index >= 15 is 0 Å². The molecule has 1 heterocycles. The molecule has 0 aliphatic heterocycles. The molecule has 2 aromatic rings. The van der Waals surface area contributed by atoms with Gasteiger partial charge in [-0.2, -0.15) is 0 Å². The number of amides is 2. The molecule has 2 rings (SSSR count). The summed E-state index contributed by atoms with van der Waals surface area (Å²) in [6.07, 6.45) is 1.79. The Morgan fingerprint density at radius 3 is 2.17 bits per heavy atom. The number of hydrogen-bond donors (Lipinski definition) is 2. The largest absolute Gasteiger partial charge is 0.375 e. The number of rotatable bonds is 13. The molecule has 2 N–H and O–H groups in total. The SMILES string of the molecule is CCCNC(=O)CSc1nnc(SCC(=O)NCCCN(C)c2ccccc2)s1. The second kappa shape index (κ2) is 13.4. The van der Waals surface area contributed by atoms with E-state index < -0.39 is 0 Å². The normalized spacial score (nSPS) is 10.6. The molecule has 158 valence electrons. The lowest BCUT2D eigenvalue weighted by atomic mass is 10.3. The Hall–Kier alpha value is -1.78. The van der Waals surface area contributed by atoms with Gasteiger partial charge < -0.3 is 15.5 Å². The second-order valence-corrected chi connectivity index (χ2v) is 9.64. The Balaban J connectivity index is 1.58. The van der Waals surface area contributed by atoms with Crippen LogP contribution < -0.4 is 15.5 Å². The van der Waals surface area contributed by atoms with Crippen LogP contribution in [0.3, 0.4) is 0 Å². The van der Waals surface area contributed by atoms with Crippen molar-refractivity contribution in [2.75, 3.05) is 43.1 Å². The van der Waals surface area contributed by atoms with E-state index in [1.165, 1.54) is 40.5 Å². The molecule has 10 heteroatoms. The highest BCUT2D eigenvalue weighted by Gasteiger charge is 2.10. The molecule has 0 unspecified atom stereocenters. The number of carbonyl (C=O) groups excluding carboxylic acids is 2. The van der Waals surface area contributed by atoms with Crippen molar-refractivity contribution in [3.63, 3.8) is 0 Å². The molecule has 2 amide bonds. The van der Waals surface area contributed by atoms with E-state index in [1.54, 1.807) is 0 Å². The minimum absolute atomic E-state index is 0.00135. The fourth-order valence-corrected chi connectivity index (χ4v) is 4.97. The van der Waals surface area contributed by atoms with Crippen LogP contribution in [-0.2, 0) is 9.59 Å².